The first kappa shape index (κ1) is 11.2. The lowest BCUT2D eigenvalue weighted by Crippen LogP contribution is -2.40. The summed E-state index contributed by atoms with van der Waals surface area (Å²) >= 11 is 0. The second-order valence-electron chi connectivity index (χ2n) is 4.47. The zero-order valence-electron chi connectivity index (χ0n) is 9.76. The molecule has 1 aliphatic rings. The van der Waals surface area contributed by atoms with Crippen molar-refractivity contribution in [3.05, 3.63) is 35.9 Å². The number of likely N-dealkylation sites (tertiary alicyclic amines) is 1. The molecule has 0 amide bonds. The molecule has 2 atom stereocenters. The molecule has 2 heteroatoms. The standard InChI is InChI=1S/C14H18N2/c1-12(13-7-3-2-4-8-13)16-10-6-5-9-14(16)11-15/h2-4,7-8,12,14H,5-6,9-10H2,1H3. The third-order valence-corrected chi connectivity index (χ3v) is 3.47. The summed E-state index contributed by atoms with van der Waals surface area (Å²) in [6, 6.07) is 13.3. The molecule has 0 saturated carbocycles. The fourth-order valence-corrected chi connectivity index (χ4v) is 2.48. The molecule has 2 rings (SSSR count). The van der Waals surface area contributed by atoms with E-state index < -0.39 is 0 Å². The van der Waals surface area contributed by atoms with Crippen molar-refractivity contribution < 1.29 is 0 Å². The van der Waals surface area contributed by atoms with Crippen LogP contribution in [0.4, 0.5) is 0 Å². The summed E-state index contributed by atoms with van der Waals surface area (Å²) in [5, 5.41) is 9.17. The molecule has 2 nitrogen and oxygen atoms in total. The molecule has 0 aliphatic carbocycles. The van der Waals surface area contributed by atoms with Crippen LogP contribution >= 0.6 is 0 Å². The summed E-state index contributed by atoms with van der Waals surface area (Å²) in [6.07, 6.45) is 3.43. The molecular weight excluding hydrogens is 196 g/mol. The smallest absolute Gasteiger partial charge is 0.0982 e. The van der Waals surface area contributed by atoms with E-state index in [9.17, 15) is 0 Å². The van der Waals surface area contributed by atoms with Gasteiger partial charge < -0.3 is 0 Å². The maximum atomic E-state index is 9.17. The minimum absolute atomic E-state index is 0.101. The summed E-state index contributed by atoms with van der Waals surface area (Å²) in [5.74, 6) is 0. The van der Waals surface area contributed by atoms with Crippen LogP contribution in [0.3, 0.4) is 0 Å². The van der Waals surface area contributed by atoms with E-state index in [-0.39, 0.29) is 6.04 Å². The molecule has 1 heterocycles. The first-order chi connectivity index (χ1) is 7.83. The molecular formula is C14H18N2. The van der Waals surface area contributed by atoms with E-state index >= 15 is 0 Å². The van der Waals surface area contributed by atoms with Crippen LogP contribution in [0.1, 0.15) is 37.8 Å². The number of benzene rings is 1. The van der Waals surface area contributed by atoms with Gasteiger partial charge >= 0.3 is 0 Å². The van der Waals surface area contributed by atoms with E-state index in [1.54, 1.807) is 0 Å². The number of hydrogen-bond donors (Lipinski definition) is 0. The highest BCUT2D eigenvalue weighted by Crippen LogP contribution is 2.27. The summed E-state index contributed by atoms with van der Waals surface area (Å²) in [4.78, 5) is 2.33. The molecule has 2 unspecified atom stereocenters. The lowest BCUT2D eigenvalue weighted by Gasteiger charge is -2.36. The minimum atomic E-state index is 0.101. The molecule has 84 valence electrons. The average Bonchev–Trinajstić information content (AvgIpc) is 2.39. The molecule has 1 aromatic carbocycles. The first-order valence-corrected chi connectivity index (χ1v) is 6.03. The Morgan fingerprint density at radius 1 is 1.31 bits per heavy atom. The van der Waals surface area contributed by atoms with Crippen LogP contribution in [-0.4, -0.2) is 17.5 Å². The Balaban J connectivity index is 2.14. The molecule has 0 radical (unpaired) electrons. The van der Waals surface area contributed by atoms with Crippen molar-refractivity contribution in [2.75, 3.05) is 6.54 Å². The molecule has 0 bridgehead atoms. The normalized spacial score (nSPS) is 23.6. The van der Waals surface area contributed by atoms with E-state index in [1.807, 2.05) is 6.07 Å². The van der Waals surface area contributed by atoms with Gasteiger partial charge in [-0.2, -0.15) is 5.26 Å². The minimum Gasteiger partial charge on any atom is -0.281 e. The molecule has 0 spiro atoms. The van der Waals surface area contributed by atoms with E-state index in [0.717, 1.165) is 13.0 Å². The fraction of sp³-hybridized carbons (Fsp3) is 0.500. The van der Waals surface area contributed by atoms with Gasteiger partial charge in [0, 0.05) is 12.6 Å². The van der Waals surface area contributed by atoms with Crippen molar-refractivity contribution in [1.29, 1.82) is 5.26 Å². The van der Waals surface area contributed by atoms with Gasteiger partial charge in [-0.15, -0.1) is 0 Å². The number of hydrogen-bond acceptors (Lipinski definition) is 2. The highest BCUT2D eigenvalue weighted by atomic mass is 15.2. The highest BCUT2D eigenvalue weighted by Gasteiger charge is 2.26. The number of nitriles is 1. The number of rotatable bonds is 2. The van der Waals surface area contributed by atoms with Gasteiger partial charge in [0.15, 0.2) is 0 Å². The summed E-state index contributed by atoms with van der Waals surface area (Å²) in [5.41, 5.74) is 1.31. The van der Waals surface area contributed by atoms with Crippen molar-refractivity contribution in [2.24, 2.45) is 0 Å². The molecule has 16 heavy (non-hydrogen) atoms. The van der Waals surface area contributed by atoms with Gasteiger partial charge in [-0.25, -0.2) is 0 Å². The SMILES string of the molecule is CC(c1ccccc1)N1CCCCC1C#N. The Labute approximate surface area is 97.5 Å². The van der Waals surface area contributed by atoms with Crippen LogP contribution in [0, 0.1) is 11.3 Å². The summed E-state index contributed by atoms with van der Waals surface area (Å²) in [6.45, 7) is 3.25. The largest absolute Gasteiger partial charge is 0.281 e. The Morgan fingerprint density at radius 3 is 2.75 bits per heavy atom. The zero-order valence-corrected chi connectivity index (χ0v) is 9.76. The van der Waals surface area contributed by atoms with Crippen molar-refractivity contribution in [3.63, 3.8) is 0 Å². The van der Waals surface area contributed by atoms with E-state index in [2.05, 4.69) is 42.2 Å². The quantitative estimate of drug-likeness (QED) is 0.756. The second kappa shape index (κ2) is 5.14. The van der Waals surface area contributed by atoms with Crippen molar-refractivity contribution in [1.82, 2.24) is 4.90 Å². The molecule has 1 aromatic rings. The Hall–Kier alpha value is -1.33. The van der Waals surface area contributed by atoms with Gasteiger partial charge in [0.25, 0.3) is 0 Å². The molecule has 1 fully saturated rings. The van der Waals surface area contributed by atoms with Gasteiger partial charge in [0.1, 0.15) is 0 Å². The van der Waals surface area contributed by atoms with Crippen LogP contribution in [0.2, 0.25) is 0 Å². The van der Waals surface area contributed by atoms with Gasteiger partial charge in [-0.1, -0.05) is 30.3 Å². The Morgan fingerprint density at radius 2 is 2.06 bits per heavy atom. The maximum Gasteiger partial charge on any atom is 0.0982 e. The van der Waals surface area contributed by atoms with Crippen LogP contribution in [0.25, 0.3) is 0 Å². The molecule has 1 saturated heterocycles. The highest BCUT2D eigenvalue weighted by molar-refractivity contribution is 5.19. The molecule has 1 aliphatic heterocycles. The van der Waals surface area contributed by atoms with Crippen LogP contribution < -0.4 is 0 Å². The Bertz CT molecular complexity index is 366. The topological polar surface area (TPSA) is 27.0 Å². The van der Waals surface area contributed by atoms with Crippen molar-refractivity contribution in [2.45, 2.75) is 38.3 Å². The maximum absolute atomic E-state index is 9.17. The van der Waals surface area contributed by atoms with Crippen LogP contribution in [-0.2, 0) is 0 Å². The third-order valence-electron chi connectivity index (χ3n) is 3.47. The fourth-order valence-electron chi connectivity index (χ4n) is 2.48. The average molecular weight is 214 g/mol. The first-order valence-electron chi connectivity index (χ1n) is 6.03. The predicted molar refractivity (Wildman–Crippen MR) is 64.8 cm³/mol. The van der Waals surface area contributed by atoms with E-state index in [4.69, 9.17) is 5.26 Å². The Kier molecular flexibility index (Phi) is 3.58. The van der Waals surface area contributed by atoms with Crippen molar-refractivity contribution >= 4 is 0 Å². The van der Waals surface area contributed by atoms with Gasteiger partial charge in [-0.3, -0.25) is 4.90 Å². The summed E-state index contributed by atoms with van der Waals surface area (Å²) in [7, 11) is 0. The molecule has 0 aromatic heterocycles. The predicted octanol–water partition coefficient (Wildman–Crippen LogP) is 3.13. The zero-order chi connectivity index (χ0) is 11.4. The summed E-state index contributed by atoms with van der Waals surface area (Å²) < 4.78 is 0. The van der Waals surface area contributed by atoms with Gasteiger partial charge in [0.05, 0.1) is 12.1 Å². The molecule has 0 N–H and O–H groups in total. The number of nitrogens with zero attached hydrogens (tertiary/aromatic N) is 2. The lowest BCUT2D eigenvalue weighted by atomic mass is 9.98. The van der Waals surface area contributed by atoms with Crippen LogP contribution in [0.15, 0.2) is 30.3 Å². The van der Waals surface area contributed by atoms with Gasteiger partial charge in [0.2, 0.25) is 0 Å². The second-order valence-corrected chi connectivity index (χ2v) is 4.47. The van der Waals surface area contributed by atoms with E-state index in [0.29, 0.717) is 6.04 Å². The monoisotopic (exact) mass is 214 g/mol. The number of piperidine rings is 1. The third kappa shape index (κ3) is 2.25. The lowest BCUT2D eigenvalue weighted by molar-refractivity contribution is 0.135. The van der Waals surface area contributed by atoms with E-state index in [1.165, 1.54) is 18.4 Å². The van der Waals surface area contributed by atoms with Crippen molar-refractivity contribution in [3.8, 4) is 6.07 Å². The van der Waals surface area contributed by atoms with Gasteiger partial charge in [-0.05, 0) is 31.7 Å². The van der Waals surface area contributed by atoms with Crippen LogP contribution in [0.5, 0.6) is 0 Å².